The summed E-state index contributed by atoms with van der Waals surface area (Å²) in [4.78, 5) is 42.2. The number of ether oxygens (including phenoxy) is 2. The lowest BCUT2D eigenvalue weighted by Gasteiger charge is -2.36. The maximum Gasteiger partial charge on any atom is 0.312 e. The molecule has 33 heavy (non-hydrogen) atoms. The highest BCUT2D eigenvalue weighted by Gasteiger charge is 2.80. The fraction of sp³-hybridized carbons (Fsp3) is 0.880. The van der Waals surface area contributed by atoms with Crippen LogP contribution in [0.25, 0.3) is 0 Å². The summed E-state index contributed by atoms with van der Waals surface area (Å²) >= 11 is 0. The van der Waals surface area contributed by atoms with Gasteiger partial charge in [-0.25, -0.2) is 0 Å². The third-order valence-corrected chi connectivity index (χ3v) is 8.02. The minimum absolute atomic E-state index is 0.00748. The van der Waals surface area contributed by atoms with E-state index >= 15 is 0 Å². The van der Waals surface area contributed by atoms with Gasteiger partial charge >= 0.3 is 5.97 Å². The maximum absolute atomic E-state index is 13.8. The molecule has 3 aliphatic heterocycles. The van der Waals surface area contributed by atoms with Gasteiger partial charge in [-0.3, -0.25) is 14.4 Å². The Balaban J connectivity index is 1.94. The Morgan fingerprint density at radius 1 is 1.27 bits per heavy atom. The highest BCUT2D eigenvalue weighted by atomic mass is 16.6. The Labute approximate surface area is 197 Å². The summed E-state index contributed by atoms with van der Waals surface area (Å²) in [5.41, 5.74) is -1.84. The van der Waals surface area contributed by atoms with Crippen molar-refractivity contribution in [3.05, 3.63) is 0 Å². The lowest BCUT2D eigenvalue weighted by atomic mass is 9.62. The van der Waals surface area contributed by atoms with Crippen molar-refractivity contribution in [2.45, 2.75) is 103 Å². The van der Waals surface area contributed by atoms with Crippen molar-refractivity contribution in [1.82, 2.24) is 10.2 Å². The summed E-state index contributed by atoms with van der Waals surface area (Å²) in [7, 11) is 0. The number of hydrogen-bond donors (Lipinski definition) is 2. The number of unbranched alkanes of at least 4 members (excludes halogenated alkanes) is 3. The fourth-order valence-corrected chi connectivity index (χ4v) is 6.44. The van der Waals surface area contributed by atoms with E-state index in [-0.39, 0.29) is 37.0 Å². The molecular formula is C25H42N2O6. The summed E-state index contributed by atoms with van der Waals surface area (Å²) in [6.07, 6.45) is 5.56. The van der Waals surface area contributed by atoms with E-state index in [9.17, 15) is 14.4 Å². The fourth-order valence-electron chi connectivity index (χ4n) is 6.44. The van der Waals surface area contributed by atoms with E-state index < -0.39 is 35.0 Å². The molecule has 0 aromatic rings. The van der Waals surface area contributed by atoms with Crippen LogP contribution in [-0.4, -0.2) is 70.8 Å². The second-order valence-electron chi connectivity index (χ2n) is 10.3. The number of nitrogens with one attached hydrogen (secondary N) is 1. The third-order valence-electron chi connectivity index (χ3n) is 8.02. The Hall–Kier alpha value is -1.67. The molecule has 3 heterocycles. The zero-order valence-electron chi connectivity index (χ0n) is 20.9. The summed E-state index contributed by atoms with van der Waals surface area (Å²) in [5, 5.41) is 12.1. The van der Waals surface area contributed by atoms with E-state index in [1.807, 2.05) is 20.8 Å². The molecule has 0 saturated carbocycles. The van der Waals surface area contributed by atoms with Crippen molar-refractivity contribution in [3.8, 4) is 0 Å². The molecule has 0 aromatic carbocycles. The first kappa shape index (κ1) is 25.9. The summed E-state index contributed by atoms with van der Waals surface area (Å²) in [6.45, 7) is 10.6. The predicted molar refractivity (Wildman–Crippen MR) is 123 cm³/mol. The molecule has 8 nitrogen and oxygen atoms in total. The SMILES string of the molecule is CCCC(C)NC(=O)C1N(CCCCCCO)C(=O)[C@@H]2[C@@H](C(=O)OCC)[C@]3(C)OC12CC3C. The van der Waals surface area contributed by atoms with Gasteiger partial charge in [0.15, 0.2) is 0 Å². The largest absolute Gasteiger partial charge is 0.466 e. The van der Waals surface area contributed by atoms with E-state index in [0.717, 1.165) is 38.5 Å². The van der Waals surface area contributed by atoms with Crippen LogP contribution in [-0.2, 0) is 23.9 Å². The lowest BCUT2D eigenvalue weighted by molar-refractivity contribution is -0.161. The van der Waals surface area contributed by atoms with Crippen molar-refractivity contribution >= 4 is 17.8 Å². The Morgan fingerprint density at radius 3 is 2.61 bits per heavy atom. The van der Waals surface area contributed by atoms with Crippen molar-refractivity contribution in [2.24, 2.45) is 17.8 Å². The molecule has 8 heteroatoms. The van der Waals surface area contributed by atoms with Gasteiger partial charge < -0.3 is 24.8 Å². The van der Waals surface area contributed by atoms with Crippen molar-refractivity contribution < 1.29 is 29.0 Å². The average molecular weight is 467 g/mol. The van der Waals surface area contributed by atoms with Crippen molar-refractivity contribution in [3.63, 3.8) is 0 Å². The van der Waals surface area contributed by atoms with Crippen LogP contribution in [0.5, 0.6) is 0 Å². The Kier molecular flexibility index (Phi) is 8.10. The first-order valence-electron chi connectivity index (χ1n) is 12.8. The molecule has 3 rings (SSSR count). The molecule has 188 valence electrons. The molecule has 1 spiro atoms. The number of rotatable bonds is 12. The van der Waals surface area contributed by atoms with Gasteiger partial charge in [0.05, 0.1) is 18.1 Å². The predicted octanol–water partition coefficient (Wildman–Crippen LogP) is 2.42. The maximum atomic E-state index is 13.8. The van der Waals surface area contributed by atoms with Gasteiger partial charge in [0.2, 0.25) is 11.8 Å². The minimum atomic E-state index is -1.01. The molecule has 2 amide bonds. The van der Waals surface area contributed by atoms with Crippen LogP contribution in [0.3, 0.4) is 0 Å². The van der Waals surface area contributed by atoms with Crippen LogP contribution in [0.1, 0.15) is 79.6 Å². The minimum Gasteiger partial charge on any atom is -0.466 e. The van der Waals surface area contributed by atoms with Gasteiger partial charge in [-0.1, -0.05) is 33.1 Å². The van der Waals surface area contributed by atoms with Gasteiger partial charge in [-0.15, -0.1) is 0 Å². The number of aliphatic hydroxyl groups is 1. The summed E-state index contributed by atoms with van der Waals surface area (Å²) < 4.78 is 12.0. The lowest BCUT2D eigenvalue weighted by Crippen LogP contribution is -2.56. The molecule has 7 atom stereocenters. The van der Waals surface area contributed by atoms with E-state index in [2.05, 4.69) is 12.2 Å². The number of hydrogen-bond acceptors (Lipinski definition) is 6. The monoisotopic (exact) mass is 466 g/mol. The second kappa shape index (κ2) is 10.3. The van der Waals surface area contributed by atoms with Crippen LogP contribution < -0.4 is 5.32 Å². The first-order valence-corrected chi connectivity index (χ1v) is 12.8. The van der Waals surface area contributed by atoms with E-state index in [0.29, 0.717) is 13.0 Å². The van der Waals surface area contributed by atoms with Gasteiger partial charge in [0.25, 0.3) is 0 Å². The van der Waals surface area contributed by atoms with Gasteiger partial charge in [-0.05, 0) is 52.4 Å². The Morgan fingerprint density at radius 2 is 1.97 bits per heavy atom. The highest BCUT2D eigenvalue weighted by Crippen LogP contribution is 2.65. The van der Waals surface area contributed by atoms with Crippen LogP contribution in [0.15, 0.2) is 0 Å². The summed E-state index contributed by atoms with van der Waals surface area (Å²) in [5.74, 6) is -2.17. The number of esters is 1. The smallest absolute Gasteiger partial charge is 0.312 e. The van der Waals surface area contributed by atoms with E-state index in [1.165, 1.54) is 0 Å². The molecular weight excluding hydrogens is 424 g/mol. The van der Waals surface area contributed by atoms with Gasteiger partial charge in [0, 0.05) is 19.2 Å². The van der Waals surface area contributed by atoms with Crippen LogP contribution in [0.4, 0.5) is 0 Å². The molecule has 0 radical (unpaired) electrons. The number of carbonyl (C=O) groups excluding carboxylic acids is 3. The number of amides is 2. The molecule has 4 unspecified atom stereocenters. The zero-order chi connectivity index (χ0) is 24.4. The number of nitrogens with zero attached hydrogens (tertiary/aromatic N) is 1. The number of aliphatic hydroxyl groups excluding tert-OH is 1. The van der Waals surface area contributed by atoms with Crippen LogP contribution in [0.2, 0.25) is 0 Å². The number of fused-ring (bicyclic) bond motifs is 1. The molecule has 2 bridgehead atoms. The molecule has 0 aromatic heterocycles. The zero-order valence-corrected chi connectivity index (χ0v) is 20.9. The van der Waals surface area contributed by atoms with Crippen LogP contribution >= 0.6 is 0 Å². The standard InChI is InChI=1S/C25H42N2O6/c1-6-12-17(4)26-21(29)20-25-15-16(3)24(5,33-25)19(23(31)32-7-2)18(25)22(30)27(20)13-10-8-9-11-14-28/h16-20,28H,6-15H2,1-5H3,(H,26,29)/t16?,17?,18-,19-,20?,24+,25?/m0/s1. The number of carbonyl (C=O) groups is 3. The topological polar surface area (TPSA) is 105 Å². The second-order valence-corrected chi connectivity index (χ2v) is 10.3. The molecule has 0 aliphatic carbocycles. The third kappa shape index (κ3) is 4.41. The van der Waals surface area contributed by atoms with Crippen molar-refractivity contribution in [1.29, 1.82) is 0 Å². The molecule has 3 saturated heterocycles. The molecule has 2 N–H and O–H groups in total. The Bertz CT molecular complexity index is 744. The highest BCUT2D eigenvalue weighted by molar-refractivity contribution is 5.98. The van der Waals surface area contributed by atoms with Crippen molar-refractivity contribution in [2.75, 3.05) is 19.8 Å². The number of likely N-dealkylation sites (tertiary alicyclic amines) is 1. The average Bonchev–Trinajstić information content (AvgIpc) is 3.25. The van der Waals surface area contributed by atoms with Crippen LogP contribution in [0, 0.1) is 17.8 Å². The quantitative estimate of drug-likeness (QED) is 0.338. The summed E-state index contributed by atoms with van der Waals surface area (Å²) in [6, 6.07) is -0.761. The first-order chi connectivity index (χ1) is 15.7. The van der Waals surface area contributed by atoms with E-state index in [1.54, 1.807) is 11.8 Å². The molecule has 3 fully saturated rings. The van der Waals surface area contributed by atoms with Gasteiger partial charge in [-0.2, -0.15) is 0 Å². The normalized spacial score (nSPS) is 35.6. The molecule has 3 aliphatic rings. The van der Waals surface area contributed by atoms with Gasteiger partial charge in [0.1, 0.15) is 17.6 Å². The van der Waals surface area contributed by atoms with E-state index in [4.69, 9.17) is 14.6 Å².